The molecular weight excluding hydrogens is 336 g/mol. The smallest absolute Gasteiger partial charge is 0.317 e. The number of para-hydroxylation sites is 1. The lowest BCUT2D eigenvalue weighted by Crippen LogP contribution is -2.38. The number of thioether (sulfide) groups is 1. The number of aromatic nitrogens is 1. The fraction of sp³-hybridized carbons (Fsp3) is 0.421. The third-order valence-corrected chi connectivity index (χ3v) is 5.20. The molecule has 3 rings (SSSR count). The van der Waals surface area contributed by atoms with Gasteiger partial charge in [-0.3, -0.25) is 9.59 Å². The van der Waals surface area contributed by atoms with Crippen LogP contribution in [0, 0.1) is 6.92 Å². The van der Waals surface area contributed by atoms with Crippen molar-refractivity contribution in [1.82, 2.24) is 9.88 Å². The predicted octanol–water partition coefficient (Wildman–Crippen LogP) is 3.19. The molecule has 1 amide bonds. The van der Waals surface area contributed by atoms with Gasteiger partial charge in [0.1, 0.15) is 0 Å². The number of amides is 1. The van der Waals surface area contributed by atoms with Gasteiger partial charge in [-0.05, 0) is 44.4 Å². The number of carbonyl (C=O) groups excluding carboxylic acids is 2. The van der Waals surface area contributed by atoms with Crippen LogP contribution in [0.2, 0.25) is 0 Å². The predicted molar refractivity (Wildman–Crippen MR) is 98.6 cm³/mol. The van der Waals surface area contributed by atoms with Gasteiger partial charge in [0.05, 0.1) is 16.3 Å². The van der Waals surface area contributed by atoms with Crippen LogP contribution in [-0.2, 0) is 14.3 Å². The minimum Gasteiger partial charge on any atom is -0.452 e. The maximum absolute atomic E-state index is 12.2. The van der Waals surface area contributed by atoms with E-state index in [4.69, 9.17) is 4.74 Å². The average Bonchev–Trinajstić information content (AvgIpc) is 3.14. The molecule has 1 saturated heterocycles. The molecule has 2 aromatic rings. The van der Waals surface area contributed by atoms with Crippen molar-refractivity contribution in [3.63, 3.8) is 0 Å². The van der Waals surface area contributed by atoms with E-state index in [1.165, 1.54) is 11.8 Å². The van der Waals surface area contributed by atoms with Crippen molar-refractivity contribution in [3.05, 3.63) is 35.9 Å². The van der Waals surface area contributed by atoms with E-state index in [0.717, 1.165) is 47.4 Å². The summed E-state index contributed by atoms with van der Waals surface area (Å²) in [6.07, 6.45) is 1.32. The Morgan fingerprint density at radius 3 is 2.76 bits per heavy atom. The van der Waals surface area contributed by atoms with E-state index in [0.29, 0.717) is 0 Å². The largest absolute Gasteiger partial charge is 0.452 e. The topological polar surface area (TPSA) is 59.5 Å². The van der Waals surface area contributed by atoms with Gasteiger partial charge in [0, 0.05) is 18.5 Å². The Morgan fingerprint density at radius 2 is 2.00 bits per heavy atom. The number of pyridine rings is 1. The first-order valence-electron chi connectivity index (χ1n) is 8.52. The highest BCUT2D eigenvalue weighted by Crippen LogP contribution is 2.23. The first kappa shape index (κ1) is 17.7. The average molecular weight is 358 g/mol. The van der Waals surface area contributed by atoms with Crippen LogP contribution in [0.3, 0.4) is 0 Å². The zero-order chi connectivity index (χ0) is 17.8. The van der Waals surface area contributed by atoms with Crippen molar-refractivity contribution >= 4 is 34.5 Å². The Kier molecular flexibility index (Phi) is 5.58. The van der Waals surface area contributed by atoms with Crippen LogP contribution in [0.5, 0.6) is 0 Å². The molecule has 2 heterocycles. The number of likely N-dealkylation sites (tertiary alicyclic amines) is 1. The van der Waals surface area contributed by atoms with Crippen molar-refractivity contribution < 1.29 is 14.3 Å². The first-order valence-corrected chi connectivity index (χ1v) is 9.50. The molecule has 25 heavy (non-hydrogen) atoms. The number of esters is 1. The Balaban J connectivity index is 1.56. The minimum absolute atomic E-state index is 0.101. The van der Waals surface area contributed by atoms with Crippen LogP contribution in [0.15, 0.2) is 35.4 Å². The van der Waals surface area contributed by atoms with E-state index in [2.05, 4.69) is 4.98 Å². The molecule has 1 fully saturated rings. The number of ether oxygens (including phenoxy) is 1. The van der Waals surface area contributed by atoms with E-state index < -0.39 is 12.1 Å². The first-order chi connectivity index (χ1) is 12.0. The molecule has 1 aliphatic heterocycles. The van der Waals surface area contributed by atoms with Crippen molar-refractivity contribution in [2.45, 2.75) is 37.8 Å². The number of carbonyl (C=O) groups is 2. The SMILES string of the molecule is Cc1cc(SCC(=O)O[C@@H](C)C(=O)N2CCCC2)nc2ccccc12. The molecule has 0 N–H and O–H groups in total. The summed E-state index contributed by atoms with van der Waals surface area (Å²) < 4.78 is 5.29. The molecule has 1 atom stereocenters. The third-order valence-electron chi connectivity index (χ3n) is 4.31. The van der Waals surface area contributed by atoms with E-state index in [1.54, 1.807) is 11.8 Å². The molecule has 132 valence electrons. The van der Waals surface area contributed by atoms with Crippen LogP contribution >= 0.6 is 11.8 Å². The van der Waals surface area contributed by atoms with Crippen LogP contribution in [0.1, 0.15) is 25.3 Å². The van der Waals surface area contributed by atoms with Gasteiger partial charge in [-0.2, -0.15) is 0 Å². The molecule has 0 saturated carbocycles. The molecule has 0 radical (unpaired) electrons. The van der Waals surface area contributed by atoms with Gasteiger partial charge in [-0.15, -0.1) is 0 Å². The number of hydrogen-bond acceptors (Lipinski definition) is 5. The van der Waals surface area contributed by atoms with E-state index in [-0.39, 0.29) is 11.7 Å². The Hall–Kier alpha value is -2.08. The van der Waals surface area contributed by atoms with E-state index in [9.17, 15) is 9.59 Å². The number of rotatable bonds is 5. The van der Waals surface area contributed by atoms with Crippen molar-refractivity contribution in [2.24, 2.45) is 0 Å². The molecule has 1 aromatic heterocycles. The fourth-order valence-electron chi connectivity index (χ4n) is 3.00. The summed E-state index contributed by atoms with van der Waals surface area (Å²) in [7, 11) is 0. The minimum atomic E-state index is -0.725. The summed E-state index contributed by atoms with van der Waals surface area (Å²) in [5.41, 5.74) is 2.04. The van der Waals surface area contributed by atoms with Crippen LogP contribution in [0.4, 0.5) is 0 Å². The maximum atomic E-state index is 12.2. The van der Waals surface area contributed by atoms with Crippen LogP contribution in [0.25, 0.3) is 10.9 Å². The molecule has 0 spiro atoms. The normalized spacial score (nSPS) is 15.4. The molecule has 0 unspecified atom stereocenters. The van der Waals surface area contributed by atoms with Gasteiger partial charge in [-0.1, -0.05) is 30.0 Å². The standard InChI is InChI=1S/C19H22N2O3S/c1-13-11-17(20-16-8-4-3-7-15(13)16)25-12-18(22)24-14(2)19(23)21-9-5-6-10-21/h3-4,7-8,11,14H,5-6,9-10,12H2,1-2H3/t14-/m0/s1. The van der Waals surface area contributed by atoms with Gasteiger partial charge in [0.2, 0.25) is 0 Å². The number of benzene rings is 1. The summed E-state index contributed by atoms with van der Waals surface area (Å²) in [6, 6.07) is 9.90. The highest BCUT2D eigenvalue weighted by molar-refractivity contribution is 7.99. The Labute approximate surface area is 151 Å². The second kappa shape index (κ2) is 7.87. The molecule has 0 aliphatic carbocycles. The summed E-state index contributed by atoms with van der Waals surface area (Å²) in [5, 5.41) is 1.89. The quantitative estimate of drug-likeness (QED) is 0.607. The van der Waals surface area contributed by atoms with Gasteiger partial charge in [0.25, 0.3) is 5.91 Å². The third kappa shape index (κ3) is 4.31. The van der Waals surface area contributed by atoms with Crippen molar-refractivity contribution in [3.8, 4) is 0 Å². The van der Waals surface area contributed by atoms with E-state index in [1.807, 2.05) is 37.3 Å². The lowest BCUT2D eigenvalue weighted by atomic mass is 10.1. The summed E-state index contributed by atoms with van der Waals surface area (Å²) in [4.78, 5) is 30.6. The van der Waals surface area contributed by atoms with Gasteiger partial charge < -0.3 is 9.64 Å². The zero-order valence-electron chi connectivity index (χ0n) is 14.5. The molecule has 1 aliphatic rings. The lowest BCUT2D eigenvalue weighted by molar-refractivity contribution is -0.156. The molecule has 6 heteroatoms. The highest BCUT2D eigenvalue weighted by Gasteiger charge is 2.25. The second-order valence-corrected chi connectivity index (χ2v) is 7.24. The van der Waals surface area contributed by atoms with Crippen LogP contribution in [-0.4, -0.2) is 46.7 Å². The summed E-state index contributed by atoms with van der Waals surface area (Å²) in [6.45, 7) is 5.19. The van der Waals surface area contributed by atoms with E-state index >= 15 is 0 Å². The number of nitrogens with zero attached hydrogens (tertiary/aromatic N) is 2. The number of aryl methyl sites for hydroxylation is 1. The monoisotopic (exact) mass is 358 g/mol. The van der Waals surface area contributed by atoms with Crippen molar-refractivity contribution in [1.29, 1.82) is 0 Å². The number of fused-ring (bicyclic) bond motifs is 1. The molecule has 1 aromatic carbocycles. The molecule has 0 bridgehead atoms. The second-order valence-electron chi connectivity index (χ2n) is 6.25. The van der Waals surface area contributed by atoms with Gasteiger partial charge >= 0.3 is 5.97 Å². The summed E-state index contributed by atoms with van der Waals surface area (Å²) in [5.74, 6) is -0.351. The Bertz CT molecular complexity index is 787. The zero-order valence-corrected chi connectivity index (χ0v) is 15.3. The molecule has 5 nitrogen and oxygen atoms in total. The Morgan fingerprint density at radius 1 is 1.28 bits per heavy atom. The van der Waals surface area contributed by atoms with Crippen molar-refractivity contribution in [2.75, 3.05) is 18.8 Å². The summed E-state index contributed by atoms with van der Waals surface area (Å²) >= 11 is 1.33. The molecular formula is C19H22N2O3S. The highest BCUT2D eigenvalue weighted by atomic mass is 32.2. The maximum Gasteiger partial charge on any atom is 0.317 e. The van der Waals surface area contributed by atoms with Gasteiger partial charge in [-0.25, -0.2) is 4.98 Å². The fourth-order valence-corrected chi connectivity index (χ4v) is 3.76. The van der Waals surface area contributed by atoms with Crippen LogP contribution < -0.4 is 0 Å². The lowest BCUT2D eigenvalue weighted by Gasteiger charge is -2.20. The number of hydrogen-bond donors (Lipinski definition) is 0. The van der Waals surface area contributed by atoms with Gasteiger partial charge in [0.15, 0.2) is 6.10 Å².